The summed E-state index contributed by atoms with van der Waals surface area (Å²) in [7, 11) is 0. The number of H-pyrrole nitrogens is 2. The van der Waals surface area contributed by atoms with Crippen LogP contribution in [0.1, 0.15) is 14.3 Å². The summed E-state index contributed by atoms with van der Waals surface area (Å²) < 4.78 is 9.23. The molecular weight excluding hydrogens is 839 g/mol. The predicted molar refractivity (Wildman–Crippen MR) is 260 cm³/mol. The molecule has 0 unspecified atom stereocenters. The molecule has 14 rings (SSSR count). The summed E-state index contributed by atoms with van der Waals surface area (Å²) >= 11 is 5.32. The topological polar surface area (TPSA) is 128 Å². The van der Waals surface area contributed by atoms with E-state index in [-0.39, 0.29) is 31.0 Å². The zero-order valence-electron chi connectivity index (χ0n) is 36.4. The number of para-hydroxylation sites is 4. The van der Waals surface area contributed by atoms with E-state index in [0.29, 0.717) is 17.2 Å². The maximum absolute atomic E-state index is 5.32. The fraction of sp³-hybridized carbons (Fsp3) is 0.0769. The molecule has 0 amide bonds. The van der Waals surface area contributed by atoms with Crippen LogP contribution in [0.4, 0.5) is 0 Å². The number of halogens is 1. The van der Waals surface area contributed by atoms with E-state index >= 15 is 0 Å². The molecule has 6 aromatic carbocycles. The molecule has 1 fully saturated rings. The minimum absolute atomic E-state index is 0. The fourth-order valence-corrected chi connectivity index (χ4v) is 8.91. The van der Waals surface area contributed by atoms with E-state index in [2.05, 4.69) is 164 Å². The molecule has 13 heteroatoms. The SMILES string of the molecule is C1CCOC1.Clc1ncccn1.[H-].[Na+].c1ccc2c(c1)[nH]c1c2ccc2[nH]c3ccccc3c21.c1cnc(-n2c3ccccc3c3c2ccc2c4ccccc4n(-c4ncccn4)c23)nc1. The second kappa shape index (κ2) is 18.6. The van der Waals surface area contributed by atoms with Crippen molar-refractivity contribution in [3.8, 4) is 11.9 Å². The van der Waals surface area contributed by atoms with E-state index in [1.165, 1.54) is 61.8 Å². The number of ether oxygens (including phenoxy) is 1. The summed E-state index contributed by atoms with van der Waals surface area (Å²) in [4.78, 5) is 32.6. The third-order valence-corrected chi connectivity index (χ3v) is 11.7. The van der Waals surface area contributed by atoms with Crippen molar-refractivity contribution in [3.05, 3.63) is 182 Å². The van der Waals surface area contributed by atoms with E-state index < -0.39 is 0 Å². The van der Waals surface area contributed by atoms with Gasteiger partial charge in [-0.3, -0.25) is 9.13 Å². The van der Waals surface area contributed by atoms with E-state index in [4.69, 9.17) is 16.3 Å². The molecule has 2 N–H and O–H groups in total. The van der Waals surface area contributed by atoms with Crippen LogP contribution >= 0.6 is 11.6 Å². The molecule has 312 valence electrons. The molecular formula is C52H40ClN10NaO. The molecule has 0 radical (unpaired) electrons. The normalized spacial score (nSPS) is 12.3. The van der Waals surface area contributed by atoms with Crippen molar-refractivity contribution in [2.24, 2.45) is 0 Å². The standard InChI is InChI=1S/C26H16N6.C18H12N2.C4H3ClN2.C4H8O.Na.H/c1-3-9-20-17(7-1)18-11-12-22-23(24(18)32(20)26-29-15-6-16-30-26)19-8-2-4-10-21(19)31(22)25-27-13-5-14-28-25;1-3-7-14-11(5-1)12-9-10-16-17(18(12)20-14)13-6-2-4-8-15(13)19-16;5-4-6-2-1-3-7-4;1-2-4-5-3-1;;/h1-16H;1-10,19-20H;1-3H;1-4H2;;/q;;;;+1;-1. The molecule has 8 heterocycles. The van der Waals surface area contributed by atoms with Gasteiger partial charge in [0.2, 0.25) is 17.2 Å². The van der Waals surface area contributed by atoms with Crippen LogP contribution in [0.25, 0.3) is 99.1 Å². The van der Waals surface area contributed by atoms with Crippen LogP contribution in [0.3, 0.4) is 0 Å². The summed E-state index contributed by atoms with van der Waals surface area (Å²) in [6, 6.07) is 47.9. The van der Waals surface area contributed by atoms with Gasteiger partial charge in [-0.2, -0.15) is 0 Å². The fourth-order valence-electron chi connectivity index (χ4n) is 8.79. The van der Waals surface area contributed by atoms with Crippen molar-refractivity contribution in [1.82, 2.24) is 49.0 Å². The monoisotopic (exact) mass is 878 g/mol. The Morgan fingerprint density at radius 3 is 1.57 bits per heavy atom. The Hall–Kier alpha value is -6.99. The second-order valence-corrected chi connectivity index (χ2v) is 15.6. The molecule has 65 heavy (non-hydrogen) atoms. The molecule has 1 aliphatic rings. The van der Waals surface area contributed by atoms with Crippen LogP contribution in [-0.4, -0.2) is 62.2 Å². The maximum atomic E-state index is 5.32. The minimum Gasteiger partial charge on any atom is -1.00 e. The van der Waals surface area contributed by atoms with Crippen molar-refractivity contribution in [2.45, 2.75) is 12.8 Å². The van der Waals surface area contributed by atoms with E-state index in [9.17, 15) is 0 Å². The van der Waals surface area contributed by atoms with Gasteiger partial charge in [0.15, 0.2) is 0 Å². The molecule has 7 aromatic heterocycles. The molecule has 11 nitrogen and oxygen atoms in total. The van der Waals surface area contributed by atoms with Gasteiger partial charge in [0.1, 0.15) is 0 Å². The van der Waals surface area contributed by atoms with Crippen LogP contribution in [0, 0.1) is 0 Å². The third-order valence-electron chi connectivity index (χ3n) is 11.5. The Morgan fingerprint density at radius 1 is 0.431 bits per heavy atom. The van der Waals surface area contributed by atoms with E-state index in [1.807, 2.05) is 18.2 Å². The number of fused-ring (bicyclic) bond motifs is 14. The summed E-state index contributed by atoms with van der Waals surface area (Å²) in [6.45, 7) is 2.00. The van der Waals surface area contributed by atoms with Crippen molar-refractivity contribution in [3.63, 3.8) is 0 Å². The van der Waals surface area contributed by atoms with Gasteiger partial charge < -0.3 is 16.1 Å². The minimum atomic E-state index is 0. The number of hydrogen-bond donors (Lipinski definition) is 2. The van der Waals surface area contributed by atoms with Crippen LogP contribution in [0.5, 0.6) is 0 Å². The number of benzene rings is 6. The zero-order valence-corrected chi connectivity index (χ0v) is 38.2. The molecule has 1 saturated heterocycles. The first-order valence-corrected chi connectivity index (χ1v) is 21.5. The number of hydrogen-bond acceptors (Lipinski definition) is 7. The largest absolute Gasteiger partial charge is 1.00 e. The molecule has 0 spiro atoms. The molecule has 0 atom stereocenters. The molecule has 13 aromatic rings. The Bertz CT molecular complexity index is 3740. The van der Waals surface area contributed by atoms with E-state index in [0.717, 1.165) is 51.4 Å². The molecule has 1 aliphatic heterocycles. The Balaban J connectivity index is 0.000000136. The first-order valence-electron chi connectivity index (χ1n) is 21.1. The van der Waals surface area contributed by atoms with Crippen LogP contribution in [0.15, 0.2) is 177 Å². The first kappa shape index (κ1) is 42.0. The summed E-state index contributed by atoms with van der Waals surface area (Å²) in [6.07, 6.45) is 12.9. The quantitative estimate of drug-likeness (QED) is 0.131. The molecule has 0 aliphatic carbocycles. The molecule has 0 saturated carbocycles. The van der Waals surface area contributed by atoms with Gasteiger partial charge in [-0.15, -0.1) is 0 Å². The van der Waals surface area contributed by atoms with Crippen molar-refractivity contribution in [1.29, 1.82) is 0 Å². The third kappa shape index (κ3) is 7.88. The van der Waals surface area contributed by atoms with Gasteiger partial charge in [-0.1, -0.05) is 84.9 Å². The zero-order chi connectivity index (χ0) is 42.8. The number of rotatable bonds is 2. The molecule has 0 bridgehead atoms. The summed E-state index contributed by atoms with van der Waals surface area (Å²) in [5.41, 5.74) is 9.06. The van der Waals surface area contributed by atoms with Crippen molar-refractivity contribution < 1.29 is 35.7 Å². The summed E-state index contributed by atoms with van der Waals surface area (Å²) in [5, 5.41) is 10.0. The maximum Gasteiger partial charge on any atom is 1.00 e. The number of aromatic amines is 2. The number of nitrogens with zero attached hydrogens (tertiary/aromatic N) is 8. The Labute approximate surface area is 400 Å². The van der Waals surface area contributed by atoms with Gasteiger partial charge in [0.25, 0.3) is 0 Å². The van der Waals surface area contributed by atoms with Gasteiger partial charge in [-0.25, -0.2) is 29.9 Å². The summed E-state index contributed by atoms with van der Waals surface area (Å²) in [5.74, 6) is 1.30. The van der Waals surface area contributed by atoms with Gasteiger partial charge >= 0.3 is 29.6 Å². The van der Waals surface area contributed by atoms with E-state index in [1.54, 1.807) is 43.2 Å². The van der Waals surface area contributed by atoms with Gasteiger partial charge in [0.05, 0.1) is 27.6 Å². The van der Waals surface area contributed by atoms with Crippen molar-refractivity contribution >= 4 is 98.8 Å². The Kier molecular flexibility index (Phi) is 12.0. The van der Waals surface area contributed by atoms with Crippen molar-refractivity contribution in [2.75, 3.05) is 13.2 Å². The van der Waals surface area contributed by atoms with Gasteiger partial charge in [0, 0.05) is 110 Å². The number of nitrogens with one attached hydrogen (secondary N) is 2. The first-order chi connectivity index (χ1) is 31.7. The average molecular weight is 879 g/mol. The smallest absolute Gasteiger partial charge is 1.00 e. The number of aromatic nitrogens is 10. The average Bonchev–Trinajstić information content (AvgIpc) is 4.21. The van der Waals surface area contributed by atoms with Crippen LogP contribution in [-0.2, 0) is 4.74 Å². The predicted octanol–water partition coefficient (Wildman–Crippen LogP) is 9.46. The Morgan fingerprint density at radius 2 is 0.954 bits per heavy atom. The van der Waals surface area contributed by atoms with Gasteiger partial charge in [-0.05, 0) is 79.0 Å². The van der Waals surface area contributed by atoms with Crippen LogP contribution < -0.4 is 29.6 Å². The second-order valence-electron chi connectivity index (χ2n) is 15.2. The van der Waals surface area contributed by atoms with Crippen LogP contribution in [0.2, 0.25) is 5.28 Å².